The van der Waals surface area contributed by atoms with Gasteiger partial charge in [-0.3, -0.25) is 4.79 Å². The number of rotatable bonds is 5. The molecule has 0 fully saturated rings. The van der Waals surface area contributed by atoms with Crippen LogP contribution < -0.4 is 11.1 Å². The van der Waals surface area contributed by atoms with Gasteiger partial charge in [-0.25, -0.2) is 4.79 Å². The van der Waals surface area contributed by atoms with Crippen LogP contribution in [0, 0.1) is 0 Å². The van der Waals surface area contributed by atoms with Crippen LogP contribution in [-0.4, -0.2) is 25.0 Å². The highest BCUT2D eigenvalue weighted by molar-refractivity contribution is 5.86. The molecule has 1 aromatic rings. The molecule has 0 aliphatic heterocycles. The van der Waals surface area contributed by atoms with Crippen molar-refractivity contribution in [1.29, 1.82) is 0 Å². The van der Waals surface area contributed by atoms with Crippen molar-refractivity contribution in [2.45, 2.75) is 13.0 Å². The zero-order chi connectivity index (χ0) is 12.7. The second kappa shape index (κ2) is 8.49. The molecular formula is C12H17ClN2O3. The summed E-state index contributed by atoms with van der Waals surface area (Å²) in [4.78, 5) is 23.0. The largest absolute Gasteiger partial charge is 0.464 e. The van der Waals surface area contributed by atoms with Crippen LogP contribution >= 0.6 is 12.4 Å². The van der Waals surface area contributed by atoms with E-state index < -0.39 is 17.9 Å². The quantitative estimate of drug-likeness (QED) is 0.777. The molecule has 0 spiro atoms. The Hall–Kier alpha value is -1.59. The third-order valence-corrected chi connectivity index (χ3v) is 2.15. The lowest BCUT2D eigenvalue weighted by Gasteiger charge is -2.17. The minimum absolute atomic E-state index is 0. The van der Waals surface area contributed by atoms with Crippen LogP contribution in [0.15, 0.2) is 30.3 Å². The van der Waals surface area contributed by atoms with E-state index in [4.69, 9.17) is 10.5 Å². The number of nitrogens with two attached hydrogens (primary N) is 1. The van der Waals surface area contributed by atoms with Gasteiger partial charge in [-0.2, -0.15) is 0 Å². The molecule has 0 saturated carbocycles. The number of ether oxygens (including phenoxy) is 1. The van der Waals surface area contributed by atoms with E-state index in [2.05, 4.69) is 5.32 Å². The zero-order valence-electron chi connectivity index (χ0n) is 10.1. The number of nitrogens with one attached hydrogen (secondary N) is 1. The fourth-order valence-corrected chi connectivity index (χ4v) is 1.37. The van der Waals surface area contributed by atoms with Crippen LogP contribution in [0.2, 0.25) is 0 Å². The molecule has 0 aliphatic rings. The van der Waals surface area contributed by atoms with Gasteiger partial charge in [0.15, 0.2) is 6.04 Å². The van der Waals surface area contributed by atoms with Gasteiger partial charge in [0.25, 0.3) is 0 Å². The summed E-state index contributed by atoms with van der Waals surface area (Å²) < 4.78 is 4.91. The molecule has 100 valence electrons. The number of benzene rings is 1. The highest BCUT2D eigenvalue weighted by atomic mass is 35.5. The number of halogens is 1. The maximum Gasteiger partial charge on any atom is 0.333 e. The predicted octanol–water partition coefficient (Wildman–Crippen LogP) is 0.788. The van der Waals surface area contributed by atoms with Crippen LogP contribution in [0.25, 0.3) is 0 Å². The third kappa shape index (κ3) is 4.73. The Labute approximate surface area is 112 Å². The number of hydrogen-bond acceptors (Lipinski definition) is 4. The maximum absolute atomic E-state index is 11.7. The van der Waals surface area contributed by atoms with Gasteiger partial charge >= 0.3 is 5.97 Å². The van der Waals surface area contributed by atoms with Gasteiger partial charge in [-0.15, -0.1) is 12.4 Å². The van der Waals surface area contributed by atoms with Crippen molar-refractivity contribution in [3.63, 3.8) is 0 Å². The van der Waals surface area contributed by atoms with Gasteiger partial charge in [0.2, 0.25) is 5.91 Å². The van der Waals surface area contributed by atoms with E-state index in [9.17, 15) is 9.59 Å². The molecule has 1 rings (SSSR count). The second-order valence-electron chi connectivity index (χ2n) is 3.37. The summed E-state index contributed by atoms with van der Waals surface area (Å²) >= 11 is 0. The summed E-state index contributed by atoms with van der Waals surface area (Å²) in [5.74, 6) is -0.882. The maximum atomic E-state index is 11.7. The Morgan fingerprint density at radius 3 is 2.44 bits per heavy atom. The van der Waals surface area contributed by atoms with Gasteiger partial charge in [0.05, 0.1) is 13.2 Å². The minimum Gasteiger partial charge on any atom is -0.464 e. The lowest BCUT2D eigenvalue weighted by Crippen LogP contribution is -2.38. The molecule has 0 saturated heterocycles. The average molecular weight is 273 g/mol. The molecular weight excluding hydrogens is 256 g/mol. The number of carbonyl (C=O) groups excluding carboxylic acids is 2. The van der Waals surface area contributed by atoms with Gasteiger partial charge in [-0.1, -0.05) is 30.3 Å². The fraction of sp³-hybridized carbons (Fsp3) is 0.333. The zero-order valence-corrected chi connectivity index (χ0v) is 10.9. The van der Waals surface area contributed by atoms with E-state index >= 15 is 0 Å². The van der Waals surface area contributed by atoms with Crippen LogP contribution in [-0.2, 0) is 14.3 Å². The second-order valence-corrected chi connectivity index (χ2v) is 3.37. The van der Waals surface area contributed by atoms with E-state index in [1.807, 2.05) is 6.07 Å². The van der Waals surface area contributed by atoms with Crippen molar-refractivity contribution in [1.82, 2.24) is 5.32 Å². The Balaban J connectivity index is 0.00000289. The first kappa shape index (κ1) is 16.4. The monoisotopic (exact) mass is 272 g/mol. The fourth-order valence-electron chi connectivity index (χ4n) is 1.37. The minimum atomic E-state index is -0.799. The molecule has 0 unspecified atom stereocenters. The van der Waals surface area contributed by atoms with Crippen molar-refractivity contribution in [3.05, 3.63) is 35.9 Å². The Morgan fingerprint density at radius 2 is 1.94 bits per heavy atom. The average Bonchev–Trinajstić information content (AvgIpc) is 2.36. The summed E-state index contributed by atoms with van der Waals surface area (Å²) in [6.07, 6.45) is 0. The Morgan fingerprint density at radius 1 is 1.33 bits per heavy atom. The molecule has 3 N–H and O–H groups in total. The first-order valence-electron chi connectivity index (χ1n) is 5.40. The van der Waals surface area contributed by atoms with Crippen molar-refractivity contribution in [3.8, 4) is 0 Å². The van der Waals surface area contributed by atoms with E-state index in [0.29, 0.717) is 5.56 Å². The van der Waals surface area contributed by atoms with Crippen LogP contribution in [0.3, 0.4) is 0 Å². The molecule has 0 bridgehead atoms. The van der Waals surface area contributed by atoms with Crippen LogP contribution in [0.4, 0.5) is 0 Å². The molecule has 1 aromatic carbocycles. The number of amides is 1. The first-order valence-corrected chi connectivity index (χ1v) is 5.40. The van der Waals surface area contributed by atoms with E-state index in [1.54, 1.807) is 31.2 Å². The Kier molecular flexibility index (Phi) is 7.74. The lowest BCUT2D eigenvalue weighted by atomic mass is 10.1. The topological polar surface area (TPSA) is 81.4 Å². The van der Waals surface area contributed by atoms with Gasteiger partial charge in [-0.05, 0) is 12.5 Å². The van der Waals surface area contributed by atoms with Crippen LogP contribution in [0.1, 0.15) is 18.5 Å². The molecule has 0 radical (unpaired) electrons. The van der Waals surface area contributed by atoms with Crippen molar-refractivity contribution >= 4 is 24.3 Å². The third-order valence-electron chi connectivity index (χ3n) is 2.15. The lowest BCUT2D eigenvalue weighted by molar-refractivity contribution is -0.147. The van der Waals surface area contributed by atoms with Crippen LogP contribution in [0.5, 0.6) is 0 Å². The highest BCUT2D eigenvalue weighted by Gasteiger charge is 2.23. The SMILES string of the molecule is CCOC(=O)[C@H](NC(=O)CN)c1ccccc1.Cl. The van der Waals surface area contributed by atoms with E-state index in [1.165, 1.54) is 0 Å². The normalized spacial score (nSPS) is 11.0. The standard InChI is InChI=1S/C12H16N2O3.ClH/c1-2-17-12(16)11(14-10(15)8-13)9-6-4-3-5-7-9;/h3-7,11H,2,8,13H2,1H3,(H,14,15);1H/t11-;/m1./s1. The molecule has 1 amide bonds. The molecule has 0 aromatic heterocycles. The molecule has 0 heterocycles. The molecule has 0 aliphatic carbocycles. The summed E-state index contributed by atoms with van der Waals surface area (Å²) in [5.41, 5.74) is 5.88. The van der Waals surface area contributed by atoms with Crippen molar-refractivity contribution in [2.24, 2.45) is 5.73 Å². The number of hydrogen-bond donors (Lipinski definition) is 2. The molecule has 1 atom stereocenters. The molecule has 18 heavy (non-hydrogen) atoms. The summed E-state index contributed by atoms with van der Waals surface area (Å²) in [6.45, 7) is 1.81. The summed E-state index contributed by atoms with van der Waals surface area (Å²) in [7, 11) is 0. The molecule has 6 heteroatoms. The molecule has 5 nitrogen and oxygen atoms in total. The predicted molar refractivity (Wildman–Crippen MR) is 70.3 cm³/mol. The number of carbonyl (C=O) groups is 2. The van der Waals surface area contributed by atoms with Gasteiger partial charge in [0.1, 0.15) is 0 Å². The summed E-state index contributed by atoms with van der Waals surface area (Å²) in [5, 5.41) is 2.53. The number of esters is 1. The highest BCUT2D eigenvalue weighted by Crippen LogP contribution is 2.14. The van der Waals surface area contributed by atoms with Gasteiger partial charge < -0.3 is 15.8 Å². The smallest absolute Gasteiger partial charge is 0.333 e. The van der Waals surface area contributed by atoms with E-state index in [-0.39, 0.29) is 25.6 Å². The first-order chi connectivity index (χ1) is 8.19. The van der Waals surface area contributed by atoms with Crippen molar-refractivity contribution < 1.29 is 14.3 Å². The van der Waals surface area contributed by atoms with E-state index in [0.717, 1.165) is 0 Å². The van der Waals surface area contributed by atoms with Gasteiger partial charge in [0, 0.05) is 0 Å². The summed E-state index contributed by atoms with van der Waals surface area (Å²) in [6, 6.07) is 8.10. The Bertz CT molecular complexity index is 384. The van der Waals surface area contributed by atoms with Crippen molar-refractivity contribution in [2.75, 3.05) is 13.2 Å².